The third kappa shape index (κ3) is 5.49. The summed E-state index contributed by atoms with van der Waals surface area (Å²) in [5, 5.41) is 4.54. The second-order valence-electron chi connectivity index (χ2n) is 6.31. The van der Waals surface area contributed by atoms with Gasteiger partial charge >= 0.3 is 0 Å². The van der Waals surface area contributed by atoms with E-state index in [2.05, 4.69) is 10.3 Å². The van der Waals surface area contributed by atoms with Crippen molar-refractivity contribution >= 4 is 34.8 Å². The number of thiophene rings is 1. The summed E-state index contributed by atoms with van der Waals surface area (Å²) >= 11 is 7.26. The third-order valence-corrected chi connectivity index (χ3v) is 5.42. The van der Waals surface area contributed by atoms with Crippen LogP contribution in [0.2, 0.25) is 4.34 Å². The Labute approximate surface area is 182 Å². The highest BCUT2D eigenvalue weighted by Gasteiger charge is 2.17. The van der Waals surface area contributed by atoms with Crippen LogP contribution in [0.25, 0.3) is 0 Å². The number of amides is 2. The number of ether oxygens (including phenoxy) is 2. The van der Waals surface area contributed by atoms with Crippen molar-refractivity contribution in [3.63, 3.8) is 0 Å². The van der Waals surface area contributed by atoms with Crippen LogP contribution in [0.3, 0.4) is 0 Å². The molecule has 156 valence electrons. The molecular weight excluding hydrogens is 426 g/mol. The van der Waals surface area contributed by atoms with Crippen LogP contribution in [0.1, 0.15) is 32.0 Å². The number of primary amides is 1. The van der Waals surface area contributed by atoms with Crippen LogP contribution >= 0.6 is 22.9 Å². The fourth-order valence-electron chi connectivity index (χ4n) is 2.74. The van der Waals surface area contributed by atoms with E-state index >= 15 is 0 Å². The van der Waals surface area contributed by atoms with Crippen LogP contribution in [0.4, 0.5) is 0 Å². The van der Waals surface area contributed by atoms with Gasteiger partial charge in [0.25, 0.3) is 11.8 Å². The maximum atomic E-state index is 12.3. The number of carbonyl (C=O) groups is 2. The highest BCUT2D eigenvalue weighted by molar-refractivity contribution is 7.15. The van der Waals surface area contributed by atoms with Crippen molar-refractivity contribution in [2.75, 3.05) is 13.7 Å². The summed E-state index contributed by atoms with van der Waals surface area (Å²) in [5.74, 6) is 0.265. The van der Waals surface area contributed by atoms with Crippen LogP contribution in [0, 0.1) is 0 Å². The lowest BCUT2D eigenvalue weighted by atomic mass is 10.1. The molecule has 0 saturated carbocycles. The van der Waals surface area contributed by atoms with E-state index in [1.807, 2.05) is 24.3 Å². The van der Waals surface area contributed by atoms with E-state index in [-0.39, 0.29) is 18.2 Å². The normalized spacial score (nSPS) is 10.5. The highest BCUT2D eigenvalue weighted by Crippen LogP contribution is 2.34. The average Bonchev–Trinajstić information content (AvgIpc) is 3.13. The van der Waals surface area contributed by atoms with E-state index in [0.29, 0.717) is 34.4 Å². The van der Waals surface area contributed by atoms with Gasteiger partial charge in [0, 0.05) is 18.1 Å². The smallest absolute Gasteiger partial charge is 0.267 e. The number of methoxy groups -OCH3 is 1. The first-order chi connectivity index (χ1) is 14.5. The molecule has 2 amide bonds. The molecule has 0 aliphatic heterocycles. The number of rotatable bonds is 9. The number of carbonyl (C=O) groups excluding carboxylic acids is 2. The van der Waals surface area contributed by atoms with Crippen molar-refractivity contribution in [2.45, 2.75) is 13.0 Å². The summed E-state index contributed by atoms with van der Waals surface area (Å²) in [4.78, 5) is 27.5. The maximum absolute atomic E-state index is 12.3. The third-order valence-electron chi connectivity index (χ3n) is 4.23. The Balaban J connectivity index is 1.53. The molecule has 0 aliphatic rings. The summed E-state index contributed by atoms with van der Waals surface area (Å²) in [7, 11) is 1.48. The van der Waals surface area contributed by atoms with Gasteiger partial charge in [0.15, 0.2) is 5.75 Å². The Bertz CT molecular complexity index is 1050. The summed E-state index contributed by atoms with van der Waals surface area (Å²) < 4.78 is 11.4. The Morgan fingerprint density at radius 1 is 1.23 bits per heavy atom. The lowest BCUT2D eigenvalue weighted by Gasteiger charge is -2.09. The number of halogens is 1. The second kappa shape index (κ2) is 10.1. The molecule has 0 saturated heterocycles. The van der Waals surface area contributed by atoms with E-state index in [1.165, 1.54) is 24.6 Å². The molecule has 0 fully saturated rings. The first-order valence-electron chi connectivity index (χ1n) is 9.03. The zero-order valence-corrected chi connectivity index (χ0v) is 17.8. The minimum Gasteiger partial charge on any atom is -0.493 e. The molecule has 0 radical (unpaired) electrons. The summed E-state index contributed by atoms with van der Waals surface area (Å²) in [6, 6.07) is 11.0. The molecule has 7 nitrogen and oxygen atoms in total. The number of hydrogen-bond acceptors (Lipinski definition) is 6. The van der Waals surface area contributed by atoms with Gasteiger partial charge in [0.05, 0.1) is 12.7 Å². The van der Waals surface area contributed by atoms with E-state index in [0.717, 1.165) is 11.1 Å². The van der Waals surface area contributed by atoms with E-state index in [4.69, 9.17) is 26.8 Å². The first kappa shape index (κ1) is 21.6. The fourth-order valence-corrected chi connectivity index (χ4v) is 3.79. The van der Waals surface area contributed by atoms with Gasteiger partial charge in [-0.15, -0.1) is 11.3 Å². The standard InChI is InChI=1S/C21H20ClN3O4S/c1-28-18-16(12-30-19(18)22)21(27)25-8-5-13-3-2-4-15(9-13)29-11-14-6-7-24-17(10-14)20(23)26/h2-4,6-7,9-10,12H,5,8,11H2,1H3,(H2,23,26)(H,25,27). The highest BCUT2D eigenvalue weighted by atomic mass is 35.5. The number of pyridine rings is 1. The number of nitrogens with two attached hydrogens (primary N) is 1. The topological polar surface area (TPSA) is 104 Å². The van der Waals surface area contributed by atoms with E-state index in [1.54, 1.807) is 17.5 Å². The Kier molecular flexibility index (Phi) is 7.26. The summed E-state index contributed by atoms with van der Waals surface area (Å²) in [6.45, 7) is 0.729. The summed E-state index contributed by atoms with van der Waals surface area (Å²) in [5.41, 5.74) is 7.67. The zero-order chi connectivity index (χ0) is 21.5. The molecule has 0 spiro atoms. The molecule has 0 bridgehead atoms. The van der Waals surface area contributed by atoms with Gasteiger partial charge in [-0.25, -0.2) is 0 Å². The molecule has 2 aromatic heterocycles. The molecule has 2 heterocycles. The number of benzene rings is 1. The van der Waals surface area contributed by atoms with Crippen LogP contribution in [0.5, 0.6) is 11.5 Å². The summed E-state index contributed by atoms with van der Waals surface area (Å²) in [6.07, 6.45) is 2.15. The molecule has 30 heavy (non-hydrogen) atoms. The number of nitrogens with zero attached hydrogens (tertiary/aromatic N) is 1. The van der Waals surface area contributed by atoms with Crippen molar-refractivity contribution in [1.29, 1.82) is 0 Å². The van der Waals surface area contributed by atoms with Crippen molar-refractivity contribution in [2.24, 2.45) is 5.73 Å². The van der Waals surface area contributed by atoms with Gasteiger partial charge in [-0.2, -0.15) is 0 Å². The van der Waals surface area contributed by atoms with E-state index < -0.39 is 5.91 Å². The average molecular weight is 446 g/mol. The number of nitrogens with one attached hydrogen (secondary N) is 1. The Hall–Kier alpha value is -3.10. The SMILES string of the molecule is COc1c(C(=O)NCCc2cccc(OCc3ccnc(C(N)=O)c3)c2)csc1Cl. The maximum Gasteiger partial charge on any atom is 0.267 e. The van der Waals surface area contributed by atoms with Crippen molar-refractivity contribution < 1.29 is 19.1 Å². The molecule has 1 aromatic carbocycles. The minimum atomic E-state index is -0.580. The molecule has 9 heteroatoms. The molecule has 3 aromatic rings. The zero-order valence-electron chi connectivity index (χ0n) is 16.2. The van der Waals surface area contributed by atoms with Gasteiger partial charge in [-0.05, 0) is 41.8 Å². The molecule has 0 unspecified atom stereocenters. The number of hydrogen-bond donors (Lipinski definition) is 2. The first-order valence-corrected chi connectivity index (χ1v) is 10.3. The minimum absolute atomic E-state index is 0.198. The van der Waals surface area contributed by atoms with Gasteiger partial charge < -0.3 is 20.5 Å². The van der Waals surface area contributed by atoms with Crippen LogP contribution in [0.15, 0.2) is 48.0 Å². The molecule has 3 rings (SSSR count). The van der Waals surface area contributed by atoms with Gasteiger partial charge in [-0.1, -0.05) is 23.7 Å². The Morgan fingerprint density at radius 2 is 2.07 bits per heavy atom. The fraction of sp³-hybridized carbons (Fsp3) is 0.190. The van der Waals surface area contributed by atoms with Crippen LogP contribution < -0.4 is 20.5 Å². The number of aromatic nitrogens is 1. The molecule has 3 N–H and O–H groups in total. The molecular formula is C21H20ClN3O4S. The largest absolute Gasteiger partial charge is 0.493 e. The van der Waals surface area contributed by atoms with Crippen LogP contribution in [-0.4, -0.2) is 30.5 Å². The quantitative estimate of drug-likeness (QED) is 0.525. The van der Waals surface area contributed by atoms with Crippen LogP contribution in [-0.2, 0) is 13.0 Å². The monoisotopic (exact) mass is 445 g/mol. The van der Waals surface area contributed by atoms with Crippen molar-refractivity contribution in [3.05, 3.63) is 74.7 Å². The lowest BCUT2D eigenvalue weighted by molar-refractivity contribution is 0.0950. The van der Waals surface area contributed by atoms with Gasteiger partial charge in [0.2, 0.25) is 0 Å². The van der Waals surface area contributed by atoms with Crippen molar-refractivity contribution in [3.8, 4) is 11.5 Å². The molecule has 0 aliphatic carbocycles. The predicted molar refractivity (Wildman–Crippen MR) is 115 cm³/mol. The predicted octanol–water partition coefficient (Wildman–Crippen LogP) is 3.46. The lowest BCUT2D eigenvalue weighted by Crippen LogP contribution is -2.25. The second-order valence-corrected chi connectivity index (χ2v) is 7.79. The van der Waals surface area contributed by atoms with Crippen molar-refractivity contribution in [1.82, 2.24) is 10.3 Å². The van der Waals surface area contributed by atoms with Gasteiger partial charge in [-0.3, -0.25) is 14.6 Å². The molecule has 0 atom stereocenters. The van der Waals surface area contributed by atoms with E-state index in [9.17, 15) is 9.59 Å². The van der Waals surface area contributed by atoms with Gasteiger partial charge in [0.1, 0.15) is 22.4 Å². The Morgan fingerprint density at radius 3 is 2.83 bits per heavy atom.